The third kappa shape index (κ3) is 3.69. The summed E-state index contributed by atoms with van der Waals surface area (Å²) in [4.78, 5) is 41.0. The molecule has 2 aliphatic rings. The van der Waals surface area contributed by atoms with E-state index in [-0.39, 0.29) is 35.0 Å². The molecule has 0 radical (unpaired) electrons. The molecule has 0 unspecified atom stereocenters. The van der Waals surface area contributed by atoms with Crippen LogP contribution in [-0.4, -0.2) is 56.9 Å². The largest absolute Gasteiger partial charge is 0.423 e. The molecule has 2 aromatic heterocycles. The van der Waals surface area contributed by atoms with Crippen molar-refractivity contribution >= 4 is 51.0 Å². The van der Waals surface area contributed by atoms with Crippen molar-refractivity contribution in [3.05, 3.63) is 79.0 Å². The average Bonchev–Trinajstić information content (AvgIpc) is 3.24. The first-order valence-corrected chi connectivity index (χ1v) is 12.3. The molecule has 6 rings (SSSR count). The summed E-state index contributed by atoms with van der Waals surface area (Å²) in [7, 11) is 0. The lowest BCUT2D eigenvalue weighted by Crippen LogP contribution is -2.63. The number of aromatic nitrogens is 3. The monoisotopic (exact) mass is 529 g/mol. The van der Waals surface area contributed by atoms with Gasteiger partial charge >= 0.3 is 5.97 Å². The Hall–Kier alpha value is -4.37. The van der Waals surface area contributed by atoms with Crippen LogP contribution in [0.2, 0.25) is 5.02 Å². The number of likely N-dealkylation sites (tertiary alicyclic amines) is 1. The van der Waals surface area contributed by atoms with Gasteiger partial charge in [-0.25, -0.2) is 19.2 Å². The number of nitrogens with zero attached hydrogens (tertiary/aromatic N) is 5. The molecule has 4 heterocycles. The molecule has 1 amide bonds. The number of amides is 1. The van der Waals surface area contributed by atoms with Gasteiger partial charge in [0, 0.05) is 41.3 Å². The zero-order valence-corrected chi connectivity index (χ0v) is 20.9. The number of esters is 1. The van der Waals surface area contributed by atoms with E-state index >= 15 is 4.39 Å². The minimum absolute atomic E-state index is 0.0156. The van der Waals surface area contributed by atoms with Crippen molar-refractivity contribution < 1.29 is 18.7 Å². The van der Waals surface area contributed by atoms with Crippen LogP contribution in [0.5, 0.6) is 5.75 Å². The van der Waals surface area contributed by atoms with Gasteiger partial charge in [0.2, 0.25) is 5.91 Å². The number of pyridine rings is 1. The molecule has 0 aliphatic carbocycles. The Kier molecular flexibility index (Phi) is 5.80. The maximum atomic E-state index is 16.1. The van der Waals surface area contributed by atoms with E-state index in [0.717, 1.165) is 12.5 Å². The minimum atomic E-state index is -0.647. The molecule has 2 atom stereocenters. The fraction of sp³-hybridized carbons (Fsp3) is 0.179. The van der Waals surface area contributed by atoms with Gasteiger partial charge in [-0.05, 0) is 36.1 Å². The van der Waals surface area contributed by atoms with Crippen molar-refractivity contribution in [1.29, 1.82) is 0 Å². The van der Waals surface area contributed by atoms with Crippen LogP contribution in [0, 0.1) is 5.82 Å². The molecule has 0 saturated carbocycles. The highest BCUT2D eigenvalue weighted by atomic mass is 35.5. The van der Waals surface area contributed by atoms with Gasteiger partial charge in [0.15, 0.2) is 5.82 Å². The zero-order valence-electron chi connectivity index (χ0n) is 20.1. The highest BCUT2D eigenvalue weighted by Gasteiger charge is 2.49. The van der Waals surface area contributed by atoms with E-state index in [0.29, 0.717) is 45.7 Å². The number of hydrogen-bond donors (Lipinski definition) is 0. The highest BCUT2D eigenvalue weighted by Crippen LogP contribution is 2.41. The summed E-state index contributed by atoms with van der Waals surface area (Å²) < 4.78 is 21.5. The number of carbonyl (C=O) groups is 2. The predicted molar refractivity (Wildman–Crippen MR) is 143 cm³/mol. The third-order valence-corrected chi connectivity index (χ3v) is 7.48. The van der Waals surface area contributed by atoms with Crippen LogP contribution in [-0.2, 0) is 9.59 Å². The Bertz CT molecular complexity index is 1680. The molecule has 0 N–H and O–H groups in total. The molecular formula is C28H21ClFN5O3. The molecule has 38 heavy (non-hydrogen) atoms. The molecule has 0 bridgehead atoms. The number of anilines is 1. The Morgan fingerprint density at radius 2 is 1.97 bits per heavy atom. The van der Waals surface area contributed by atoms with Gasteiger partial charge in [0.25, 0.3) is 0 Å². The van der Waals surface area contributed by atoms with Crippen molar-refractivity contribution in [1.82, 2.24) is 19.9 Å². The Morgan fingerprint density at radius 1 is 1.13 bits per heavy atom. The summed E-state index contributed by atoms with van der Waals surface area (Å²) in [6.45, 7) is 8.22. The first kappa shape index (κ1) is 24.0. The number of rotatable bonds is 5. The Morgan fingerprint density at radius 3 is 2.76 bits per heavy atom. The maximum Gasteiger partial charge on any atom is 0.335 e. The van der Waals surface area contributed by atoms with E-state index in [1.807, 2.05) is 4.90 Å². The second-order valence-electron chi connectivity index (χ2n) is 9.13. The lowest BCUT2D eigenvalue weighted by atomic mass is 9.96. The molecule has 10 heteroatoms. The topological polar surface area (TPSA) is 88.5 Å². The predicted octanol–water partition coefficient (Wildman–Crippen LogP) is 4.70. The molecule has 2 fully saturated rings. The number of benzene rings is 2. The SMILES string of the molecule is C=CC(=O)Oc1cc(-c2ncc3c(N4C[C@@H]5[C@H]4CCN5C(=O)C=C)ncnc3c2F)c2c(Cl)cccc2c1. The lowest BCUT2D eigenvalue weighted by molar-refractivity contribution is -0.129. The van der Waals surface area contributed by atoms with E-state index in [1.165, 1.54) is 18.5 Å². The molecule has 190 valence electrons. The summed E-state index contributed by atoms with van der Waals surface area (Å²) in [5.74, 6) is -0.607. The van der Waals surface area contributed by atoms with Gasteiger partial charge in [0.1, 0.15) is 29.1 Å². The second-order valence-corrected chi connectivity index (χ2v) is 9.53. The van der Waals surface area contributed by atoms with Crippen molar-refractivity contribution in [2.24, 2.45) is 0 Å². The standard InChI is InChI=1S/C28H21ClFN5O3/c1-3-22(36)34-9-8-20-21(34)13-35(20)28-18-12-31-26(25(30)27(18)32-14-33-28)17-11-16(38-23(37)4-2)10-15-6-5-7-19(29)24(15)17/h3-7,10-12,14,20-21H,1-2,8-9,13H2/t20-,21-/m1/s1. The van der Waals surface area contributed by atoms with Crippen molar-refractivity contribution in [2.45, 2.75) is 18.5 Å². The summed E-state index contributed by atoms with van der Waals surface area (Å²) in [5.41, 5.74) is 0.480. The van der Waals surface area contributed by atoms with Gasteiger partial charge in [0.05, 0.1) is 17.5 Å². The van der Waals surface area contributed by atoms with E-state index in [4.69, 9.17) is 16.3 Å². The van der Waals surface area contributed by atoms with E-state index in [9.17, 15) is 9.59 Å². The van der Waals surface area contributed by atoms with Crippen LogP contribution in [0.3, 0.4) is 0 Å². The van der Waals surface area contributed by atoms with Crippen LogP contribution in [0.4, 0.5) is 10.2 Å². The summed E-state index contributed by atoms with van der Waals surface area (Å²) in [6, 6.07) is 8.56. The molecule has 0 spiro atoms. The lowest BCUT2D eigenvalue weighted by Gasteiger charge is -2.47. The second kappa shape index (κ2) is 9.18. The van der Waals surface area contributed by atoms with Crippen molar-refractivity contribution in [3.8, 4) is 17.0 Å². The van der Waals surface area contributed by atoms with E-state index < -0.39 is 11.8 Å². The van der Waals surface area contributed by atoms with Crippen molar-refractivity contribution in [2.75, 3.05) is 18.0 Å². The number of carbonyl (C=O) groups excluding carboxylic acids is 2. The van der Waals surface area contributed by atoms with Gasteiger partial charge in [-0.15, -0.1) is 0 Å². The van der Waals surface area contributed by atoms with Crippen LogP contribution in [0.25, 0.3) is 32.9 Å². The molecule has 8 nitrogen and oxygen atoms in total. The summed E-state index contributed by atoms with van der Waals surface area (Å²) in [5, 5.41) is 2.08. The number of halogens is 2. The average molecular weight is 530 g/mol. The quantitative estimate of drug-likeness (QED) is 0.210. The zero-order chi connectivity index (χ0) is 26.6. The number of fused-ring (bicyclic) bond motifs is 3. The van der Waals surface area contributed by atoms with Gasteiger partial charge in [-0.3, -0.25) is 9.78 Å². The minimum Gasteiger partial charge on any atom is -0.423 e. The fourth-order valence-corrected chi connectivity index (χ4v) is 5.69. The molecular weight excluding hydrogens is 509 g/mol. The normalized spacial score (nSPS) is 18.3. The van der Waals surface area contributed by atoms with Crippen LogP contribution < -0.4 is 9.64 Å². The molecule has 2 saturated heterocycles. The molecule has 2 aromatic carbocycles. The van der Waals surface area contributed by atoms with Crippen LogP contribution in [0.15, 0.2) is 68.2 Å². The third-order valence-electron chi connectivity index (χ3n) is 7.17. The van der Waals surface area contributed by atoms with Crippen molar-refractivity contribution in [3.63, 3.8) is 0 Å². The smallest absolute Gasteiger partial charge is 0.335 e. The van der Waals surface area contributed by atoms with Crippen LogP contribution in [0.1, 0.15) is 6.42 Å². The van der Waals surface area contributed by atoms with Gasteiger partial charge < -0.3 is 14.5 Å². The molecule has 4 aromatic rings. The summed E-state index contributed by atoms with van der Waals surface area (Å²) >= 11 is 6.52. The summed E-state index contributed by atoms with van der Waals surface area (Å²) in [6.07, 6.45) is 6.03. The van der Waals surface area contributed by atoms with Crippen LogP contribution >= 0.6 is 11.6 Å². The number of ether oxygens (including phenoxy) is 1. The van der Waals surface area contributed by atoms with Gasteiger partial charge in [-0.2, -0.15) is 0 Å². The Balaban J connectivity index is 1.44. The van der Waals surface area contributed by atoms with Gasteiger partial charge in [-0.1, -0.05) is 36.9 Å². The van der Waals surface area contributed by atoms with E-state index in [1.54, 1.807) is 30.5 Å². The number of hydrogen-bond acceptors (Lipinski definition) is 7. The fourth-order valence-electron chi connectivity index (χ4n) is 5.41. The first-order valence-electron chi connectivity index (χ1n) is 12.0. The molecule has 2 aliphatic heterocycles. The highest BCUT2D eigenvalue weighted by molar-refractivity contribution is 6.36. The first-order chi connectivity index (χ1) is 18.4. The Labute approximate surface area is 222 Å². The maximum absolute atomic E-state index is 16.1. The van der Waals surface area contributed by atoms with E-state index in [2.05, 4.69) is 33.0 Å².